The number of hydrogen-bond donors (Lipinski definition) is 0. The van der Waals surface area contributed by atoms with Crippen molar-refractivity contribution in [3.05, 3.63) is 46.5 Å². The van der Waals surface area contributed by atoms with Gasteiger partial charge in [-0.1, -0.05) is 48.9 Å². The summed E-state index contributed by atoms with van der Waals surface area (Å²) in [5, 5.41) is 15.1. The van der Waals surface area contributed by atoms with Gasteiger partial charge in [0.1, 0.15) is 12.7 Å². The van der Waals surface area contributed by atoms with Crippen molar-refractivity contribution in [3.63, 3.8) is 0 Å². The van der Waals surface area contributed by atoms with Crippen molar-refractivity contribution in [3.8, 4) is 6.07 Å². The fourth-order valence-corrected chi connectivity index (χ4v) is 5.18. The van der Waals surface area contributed by atoms with E-state index in [2.05, 4.69) is 35.8 Å². The van der Waals surface area contributed by atoms with Gasteiger partial charge >= 0.3 is 0 Å². The van der Waals surface area contributed by atoms with Crippen molar-refractivity contribution in [2.45, 2.75) is 37.6 Å². The molecule has 1 unspecified atom stereocenters. The quantitative estimate of drug-likeness (QED) is 0.750. The highest BCUT2D eigenvalue weighted by molar-refractivity contribution is 6.76. The fraction of sp³-hybridized carbons (Fsp3) is 0.400. The zero-order valence-electron chi connectivity index (χ0n) is 12.8. The Balaban J connectivity index is 2.52. The third kappa shape index (κ3) is 3.89. The second kappa shape index (κ2) is 6.41. The van der Waals surface area contributed by atoms with Gasteiger partial charge < -0.3 is 0 Å². The molecule has 2 rings (SSSR count). The van der Waals surface area contributed by atoms with Gasteiger partial charge in [-0.2, -0.15) is 10.4 Å². The van der Waals surface area contributed by atoms with E-state index in [1.165, 1.54) is 6.33 Å². The Morgan fingerprint density at radius 3 is 2.50 bits per heavy atom. The lowest BCUT2D eigenvalue weighted by Crippen LogP contribution is -2.38. The lowest BCUT2D eigenvalue weighted by atomic mass is 9.83. The summed E-state index contributed by atoms with van der Waals surface area (Å²) in [6.45, 7) is 7.19. The molecule has 0 saturated heterocycles. The molecule has 116 valence electrons. The van der Waals surface area contributed by atoms with E-state index < -0.39 is 13.5 Å². The molecule has 1 aromatic heterocycles. The van der Waals surface area contributed by atoms with Crippen LogP contribution in [0.3, 0.4) is 0 Å². The summed E-state index contributed by atoms with van der Waals surface area (Å²) < 4.78 is 1.70. The molecule has 7 heteroatoms. The number of halogens is 2. The van der Waals surface area contributed by atoms with Gasteiger partial charge in [0.2, 0.25) is 0 Å². The Morgan fingerprint density at radius 1 is 1.27 bits per heavy atom. The standard InChI is InChI=1S/C15H18Cl2N4Si/c1-22(2,3)9-15(7-18,8-21-11-19-10-20-21)12-4-5-13(16)14(17)6-12/h4-6,10-11H,8-9H2,1-3H3. The van der Waals surface area contributed by atoms with Crippen LogP contribution in [0.2, 0.25) is 35.7 Å². The van der Waals surface area contributed by atoms with Crippen LogP contribution in [0.15, 0.2) is 30.9 Å². The van der Waals surface area contributed by atoms with Gasteiger partial charge in [0.25, 0.3) is 0 Å². The number of aromatic nitrogens is 3. The number of benzene rings is 1. The van der Waals surface area contributed by atoms with Crippen molar-refractivity contribution < 1.29 is 0 Å². The molecule has 2 aromatic rings. The van der Waals surface area contributed by atoms with Crippen LogP contribution in [-0.4, -0.2) is 22.8 Å². The minimum absolute atomic E-state index is 0.450. The minimum Gasteiger partial charge on any atom is -0.251 e. The summed E-state index contributed by atoms with van der Waals surface area (Å²) in [6, 6.07) is 8.74. The van der Waals surface area contributed by atoms with Crippen LogP contribution in [0.1, 0.15) is 5.56 Å². The Labute approximate surface area is 141 Å². The van der Waals surface area contributed by atoms with Gasteiger partial charge in [-0.3, -0.25) is 4.68 Å². The molecule has 0 aliphatic heterocycles. The van der Waals surface area contributed by atoms with E-state index in [1.54, 1.807) is 23.1 Å². The zero-order valence-corrected chi connectivity index (χ0v) is 15.4. The van der Waals surface area contributed by atoms with Crippen molar-refractivity contribution in [1.29, 1.82) is 5.26 Å². The predicted molar refractivity (Wildman–Crippen MR) is 91.9 cm³/mol. The normalized spacial score (nSPS) is 14.4. The number of nitriles is 1. The van der Waals surface area contributed by atoms with E-state index in [0.29, 0.717) is 16.6 Å². The molecule has 0 aliphatic rings. The number of nitrogens with zero attached hydrogens (tertiary/aromatic N) is 4. The third-order valence-electron chi connectivity index (χ3n) is 3.42. The summed E-state index contributed by atoms with van der Waals surface area (Å²) in [7, 11) is -1.52. The molecule has 0 aliphatic carbocycles. The highest BCUT2D eigenvalue weighted by atomic mass is 35.5. The van der Waals surface area contributed by atoms with Gasteiger partial charge in [0.15, 0.2) is 0 Å². The summed E-state index contributed by atoms with van der Waals surface area (Å²) >= 11 is 12.2. The molecular weight excluding hydrogens is 335 g/mol. The summed E-state index contributed by atoms with van der Waals surface area (Å²) in [5.41, 5.74) is 0.189. The van der Waals surface area contributed by atoms with Crippen LogP contribution in [0.5, 0.6) is 0 Å². The maximum atomic E-state index is 9.99. The van der Waals surface area contributed by atoms with Gasteiger partial charge in [0.05, 0.1) is 28.1 Å². The van der Waals surface area contributed by atoms with Crippen molar-refractivity contribution in [1.82, 2.24) is 14.8 Å². The lowest BCUT2D eigenvalue weighted by Gasteiger charge is -2.32. The predicted octanol–water partition coefficient (Wildman–Crippen LogP) is 4.38. The molecule has 1 heterocycles. The Morgan fingerprint density at radius 2 is 2.00 bits per heavy atom. The average molecular weight is 353 g/mol. The first-order valence-corrected chi connectivity index (χ1v) is 11.4. The van der Waals surface area contributed by atoms with E-state index in [0.717, 1.165) is 11.6 Å². The molecule has 22 heavy (non-hydrogen) atoms. The van der Waals surface area contributed by atoms with Crippen LogP contribution in [0.25, 0.3) is 0 Å². The molecule has 0 amide bonds. The summed E-state index contributed by atoms with van der Waals surface area (Å²) in [5.74, 6) is 0. The smallest absolute Gasteiger partial charge is 0.137 e. The van der Waals surface area contributed by atoms with Crippen LogP contribution in [0, 0.1) is 11.3 Å². The molecule has 0 fully saturated rings. The van der Waals surface area contributed by atoms with E-state index >= 15 is 0 Å². The van der Waals surface area contributed by atoms with Gasteiger partial charge in [-0.15, -0.1) is 0 Å². The van der Waals surface area contributed by atoms with E-state index in [-0.39, 0.29) is 0 Å². The van der Waals surface area contributed by atoms with E-state index in [1.807, 2.05) is 6.07 Å². The maximum Gasteiger partial charge on any atom is 0.137 e. The molecule has 0 saturated carbocycles. The molecule has 0 radical (unpaired) electrons. The van der Waals surface area contributed by atoms with E-state index in [4.69, 9.17) is 23.2 Å². The van der Waals surface area contributed by atoms with Crippen molar-refractivity contribution in [2.24, 2.45) is 0 Å². The summed E-state index contributed by atoms with van der Waals surface area (Å²) in [6.07, 6.45) is 3.11. The second-order valence-electron chi connectivity index (χ2n) is 6.65. The molecule has 0 N–H and O–H groups in total. The van der Waals surface area contributed by atoms with Gasteiger partial charge in [-0.05, 0) is 23.7 Å². The Kier molecular flexibility index (Phi) is 4.96. The van der Waals surface area contributed by atoms with Gasteiger partial charge in [-0.25, -0.2) is 4.98 Å². The van der Waals surface area contributed by atoms with E-state index in [9.17, 15) is 5.26 Å². The average Bonchev–Trinajstić information content (AvgIpc) is 2.92. The largest absolute Gasteiger partial charge is 0.251 e. The highest BCUT2D eigenvalue weighted by Gasteiger charge is 2.38. The molecule has 1 aromatic carbocycles. The number of rotatable bonds is 5. The Bertz CT molecular complexity index is 689. The molecule has 0 spiro atoms. The minimum atomic E-state index is -1.52. The van der Waals surface area contributed by atoms with Crippen LogP contribution < -0.4 is 0 Å². The molecule has 0 bridgehead atoms. The van der Waals surface area contributed by atoms with Crippen molar-refractivity contribution in [2.75, 3.05) is 0 Å². The third-order valence-corrected chi connectivity index (χ3v) is 5.82. The van der Waals surface area contributed by atoms with Crippen LogP contribution >= 0.6 is 23.2 Å². The first-order chi connectivity index (χ1) is 10.3. The second-order valence-corrected chi connectivity index (χ2v) is 12.9. The maximum absolute atomic E-state index is 9.99. The molecule has 4 nitrogen and oxygen atoms in total. The SMILES string of the molecule is C[Si](C)(C)CC(C#N)(Cn1cncn1)c1ccc(Cl)c(Cl)c1. The molecular formula is C15H18Cl2N4Si. The summed E-state index contributed by atoms with van der Waals surface area (Å²) in [4.78, 5) is 3.97. The molecule has 1 atom stereocenters. The zero-order chi connectivity index (χ0) is 16.4. The monoisotopic (exact) mass is 352 g/mol. The van der Waals surface area contributed by atoms with Gasteiger partial charge in [0, 0.05) is 8.07 Å². The first-order valence-electron chi connectivity index (χ1n) is 6.95. The van der Waals surface area contributed by atoms with Crippen LogP contribution in [-0.2, 0) is 12.0 Å². The highest BCUT2D eigenvalue weighted by Crippen LogP contribution is 2.37. The van der Waals surface area contributed by atoms with Crippen molar-refractivity contribution >= 4 is 31.3 Å². The fourth-order valence-electron chi connectivity index (χ4n) is 2.68. The topological polar surface area (TPSA) is 54.5 Å². The van der Waals surface area contributed by atoms with Crippen LogP contribution in [0.4, 0.5) is 0 Å². The Hall–Kier alpha value is -1.35. The number of hydrogen-bond acceptors (Lipinski definition) is 3. The first kappa shape index (κ1) is 17.0. The lowest BCUT2D eigenvalue weighted by molar-refractivity contribution is 0.456.